The predicted octanol–water partition coefficient (Wildman–Crippen LogP) is 2.20. The van der Waals surface area contributed by atoms with Crippen LogP contribution in [-0.4, -0.2) is 38.5 Å². The number of rotatable bonds is 5. The lowest BCUT2D eigenvalue weighted by Gasteiger charge is -2.32. The van der Waals surface area contributed by atoms with E-state index in [0.717, 1.165) is 49.8 Å². The van der Waals surface area contributed by atoms with Crippen LogP contribution in [-0.2, 0) is 6.54 Å². The van der Waals surface area contributed by atoms with Gasteiger partial charge in [-0.2, -0.15) is 0 Å². The lowest BCUT2D eigenvalue weighted by atomic mass is 9.95. The number of nitrogens with two attached hydrogens (primary N) is 1. The van der Waals surface area contributed by atoms with Crippen molar-refractivity contribution in [1.82, 2.24) is 19.5 Å². The Morgan fingerprint density at radius 2 is 1.93 bits per heavy atom. The molecule has 0 aliphatic carbocycles. The highest BCUT2D eigenvalue weighted by Crippen LogP contribution is 2.29. The smallest absolute Gasteiger partial charge is 0.248 e. The Kier molecular flexibility index (Phi) is 4.82. The number of carbonyl (C=O) groups excluding carboxylic acids is 1. The molecule has 0 spiro atoms. The summed E-state index contributed by atoms with van der Waals surface area (Å²) in [5.74, 6) is 1.89. The Morgan fingerprint density at radius 3 is 2.67 bits per heavy atom. The monoisotopic (exact) mass is 362 g/mol. The molecule has 2 N–H and O–H groups in total. The molecule has 0 aromatic carbocycles. The Balaban J connectivity index is 1.44. The van der Waals surface area contributed by atoms with Crippen molar-refractivity contribution in [3.8, 4) is 0 Å². The highest BCUT2D eigenvalue weighted by Gasteiger charge is 2.25. The first-order valence-corrected chi connectivity index (χ1v) is 9.12. The maximum absolute atomic E-state index is 11.4. The van der Waals surface area contributed by atoms with E-state index in [1.165, 1.54) is 0 Å². The van der Waals surface area contributed by atoms with Crippen LogP contribution in [0.5, 0.6) is 0 Å². The zero-order chi connectivity index (χ0) is 18.6. The van der Waals surface area contributed by atoms with Gasteiger partial charge in [-0.25, -0.2) is 9.97 Å². The van der Waals surface area contributed by atoms with Crippen molar-refractivity contribution < 1.29 is 4.79 Å². The second-order valence-corrected chi connectivity index (χ2v) is 6.76. The fraction of sp³-hybridized carbons (Fsp3) is 0.300. The minimum absolute atomic E-state index is 0.402. The Morgan fingerprint density at radius 1 is 1.07 bits per heavy atom. The standard InChI is InChI=1S/C20H22N6O/c21-19(27)16-4-8-23-18(13-16)25-10-5-15(6-11-25)20-24-9-12-26(20)14-17-3-1-2-7-22-17/h1-4,7-9,12-13,15H,5-6,10-11,14H2,(H2,21,27). The van der Waals surface area contributed by atoms with Crippen LogP contribution in [0.4, 0.5) is 5.82 Å². The molecular weight excluding hydrogens is 340 g/mol. The van der Waals surface area contributed by atoms with E-state index in [4.69, 9.17) is 5.73 Å². The third-order valence-corrected chi connectivity index (χ3v) is 5.02. The third-order valence-electron chi connectivity index (χ3n) is 5.02. The zero-order valence-corrected chi connectivity index (χ0v) is 15.0. The molecule has 0 unspecified atom stereocenters. The van der Waals surface area contributed by atoms with Gasteiger partial charge in [0.2, 0.25) is 5.91 Å². The van der Waals surface area contributed by atoms with Gasteiger partial charge in [0.25, 0.3) is 0 Å². The summed E-state index contributed by atoms with van der Waals surface area (Å²) in [5, 5.41) is 0. The minimum Gasteiger partial charge on any atom is -0.366 e. The van der Waals surface area contributed by atoms with E-state index in [-0.39, 0.29) is 0 Å². The van der Waals surface area contributed by atoms with Crippen molar-refractivity contribution >= 4 is 11.7 Å². The van der Waals surface area contributed by atoms with Crippen molar-refractivity contribution in [3.05, 3.63) is 72.2 Å². The molecule has 0 atom stereocenters. The first kappa shape index (κ1) is 17.2. The largest absolute Gasteiger partial charge is 0.366 e. The van der Waals surface area contributed by atoms with Crippen LogP contribution in [0.15, 0.2) is 55.1 Å². The van der Waals surface area contributed by atoms with Gasteiger partial charge in [0.15, 0.2) is 0 Å². The van der Waals surface area contributed by atoms with Crippen LogP contribution in [0.2, 0.25) is 0 Å². The molecule has 4 heterocycles. The van der Waals surface area contributed by atoms with Gasteiger partial charge in [0, 0.05) is 49.4 Å². The fourth-order valence-electron chi connectivity index (χ4n) is 3.59. The van der Waals surface area contributed by atoms with Gasteiger partial charge in [-0.15, -0.1) is 0 Å². The van der Waals surface area contributed by atoms with E-state index in [9.17, 15) is 4.79 Å². The van der Waals surface area contributed by atoms with Crippen LogP contribution >= 0.6 is 0 Å². The van der Waals surface area contributed by atoms with E-state index in [1.807, 2.05) is 36.8 Å². The Labute approximate surface area is 157 Å². The number of amides is 1. The molecule has 1 aliphatic heterocycles. The van der Waals surface area contributed by atoms with Crippen molar-refractivity contribution in [2.75, 3.05) is 18.0 Å². The second kappa shape index (κ2) is 7.57. The molecule has 3 aromatic rings. The van der Waals surface area contributed by atoms with Gasteiger partial charge in [-0.1, -0.05) is 6.07 Å². The number of hydrogen-bond donors (Lipinski definition) is 1. The molecular formula is C20H22N6O. The Bertz CT molecular complexity index is 915. The molecule has 0 saturated carbocycles. The quantitative estimate of drug-likeness (QED) is 0.751. The minimum atomic E-state index is -0.426. The highest BCUT2D eigenvalue weighted by molar-refractivity contribution is 5.93. The maximum atomic E-state index is 11.4. The number of primary amides is 1. The number of piperidine rings is 1. The first-order chi connectivity index (χ1) is 13.2. The van der Waals surface area contributed by atoms with Crippen molar-refractivity contribution in [3.63, 3.8) is 0 Å². The van der Waals surface area contributed by atoms with Gasteiger partial charge in [0.05, 0.1) is 12.2 Å². The second-order valence-electron chi connectivity index (χ2n) is 6.76. The fourth-order valence-corrected chi connectivity index (χ4v) is 3.59. The summed E-state index contributed by atoms with van der Waals surface area (Å²) in [6, 6.07) is 9.38. The van der Waals surface area contributed by atoms with Gasteiger partial charge in [-0.3, -0.25) is 9.78 Å². The lowest BCUT2D eigenvalue weighted by molar-refractivity contribution is 0.1000. The van der Waals surface area contributed by atoms with Crippen LogP contribution in [0, 0.1) is 0 Å². The molecule has 1 amide bonds. The molecule has 138 valence electrons. The molecule has 0 radical (unpaired) electrons. The average molecular weight is 362 g/mol. The average Bonchev–Trinajstić information content (AvgIpc) is 3.17. The van der Waals surface area contributed by atoms with Crippen molar-refractivity contribution in [1.29, 1.82) is 0 Å². The van der Waals surface area contributed by atoms with Gasteiger partial charge in [-0.05, 0) is 37.1 Å². The summed E-state index contributed by atoms with van der Waals surface area (Å²) in [6.07, 6.45) is 9.32. The van der Waals surface area contributed by atoms with E-state index in [1.54, 1.807) is 18.3 Å². The zero-order valence-electron chi connectivity index (χ0n) is 15.0. The van der Waals surface area contributed by atoms with Crippen molar-refractivity contribution in [2.24, 2.45) is 5.73 Å². The number of pyridine rings is 2. The molecule has 7 nitrogen and oxygen atoms in total. The molecule has 4 rings (SSSR count). The predicted molar refractivity (Wildman–Crippen MR) is 103 cm³/mol. The number of anilines is 1. The van der Waals surface area contributed by atoms with Crippen LogP contribution in [0.1, 0.15) is 40.6 Å². The lowest BCUT2D eigenvalue weighted by Crippen LogP contribution is -2.34. The summed E-state index contributed by atoms with van der Waals surface area (Å²) in [5.41, 5.74) is 6.90. The highest BCUT2D eigenvalue weighted by atomic mass is 16.1. The third kappa shape index (κ3) is 3.81. The molecule has 0 bridgehead atoms. The summed E-state index contributed by atoms with van der Waals surface area (Å²) in [6.45, 7) is 2.48. The van der Waals surface area contributed by atoms with Crippen LogP contribution in [0.25, 0.3) is 0 Å². The molecule has 3 aromatic heterocycles. The van der Waals surface area contributed by atoms with Crippen molar-refractivity contribution in [2.45, 2.75) is 25.3 Å². The summed E-state index contributed by atoms with van der Waals surface area (Å²) in [4.78, 5) is 27.0. The van der Waals surface area contributed by atoms with E-state index in [2.05, 4.69) is 24.4 Å². The van der Waals surface area contributed by atoms with Gasteiger partial charge in [0.1, 0.15) is 11.6 Å². The maximum Gasteiger partial charge on any atom is 0.248 e. The molecule has 7 heteroatoms. The Hall–Kier alpha value is -3.22. The number of imidazole rings is 1. The number of carbonyl (C=O) groups is 1. The van der Waals surface area contributed by atoms with E-state index in [0.29, 0.717) is 11.5 Å². The van der Waals surface area contributed by atoms with Crippen LogP contribution in [0.3, 0.4) is 0 Å². The summed E-state index contributed by atoms with van der Waals surface area (Å²) >= 11 is 0. The number of nitrogens with zero attached hydrogens (tertiary/aromatic N) is 5. The molecule has 27 heavy (non-hydrogen) atoms. The van der Waals surface area contributed by atoms with Gasteiger partial charge >= 0.3 is 0 Å². The number of aromatic nitrogens is 4. The topological polar surface area (TPSA) is 89.9 Å². The van der Waals surface area contributed by atoms with E-state index >= 15 is 0 Å². The summed E-state index contributed by atoms with van der Waals surface area (Å²) < 4.78 is 2.19. The molecule has 1 saturated heterocycles. The molecule has 1 aliphatic rings. The van der Waals surface area contributed by atoms with Gasteiger partial charge < -0.3 is 15.2 Å². The van der Waals surface area contributed by atoms with Crippen LogP contribution < -0.4 is 10.6 Å². The molecule has 1 fully saturated rings. The summed E-state index contributed by atoms with van der Waals surface area (Å²) in [7, 11) is 0. The number of hydrogen-bond acceptors (Lipinski definition) is 5. The normalized spacial score (nSPS) is 15.0. The SMILES string of the molecule is NC(=O)c1ccnc(N2CCC(c3nccn3Cc3ccccn3)CC2)c1. The van der Waals surface area contributed by atoms with E-state index < -0.39 is 5.91 Å². The first-order valence-electron chi connectivity index (χ1n) is 9.12.